The SMILES string of the molecule is CCOc1ccccc1N(CC(=O)N(Cc1ccccc1Cl)[C@H](Cc1ccccc1)C(=O)NC(C)C)S(=O)(=O)c1ccc(Cl)cc1. The summed E-state index contributed by atoms with van der Waals surface area (Å²) in [5, 5.41) is 3.72. The van der Waals surface area contributed by atoms with Crippen molar-refractivity contribution < 1.29 is 22.7 Å². The molecule has 4 aromatic rings. The highest BCUT2D eigenvalue weighted by Gasteiger charge is 2.36. The number of nitrogens with one attached hydrogen (secondary N) is 1. The second-order valence-electron chi connectivity index (χ2n) is 10.8. The number of hydrogen-bond donors (Lipinski definition) is 1. The quantitative estimate of drug-likeness (QED) is 0.159. The zero-order chi connectivity index (χ0) is 33.3. The number of carbonyl (C=O) groups excluding carboxylic acids is 2. The Labute approximate surface area is 280 Å². The van der Waals surface area contributed by atoms with Crippen molar-refractivity contribution in [2.75, 3.05) is 17.5 Å². The monoisotopic (exact) mass is 681 g/mol. The van der Waals surface area contributed by atoms with Gasteiger partial charge in [0.2, 0.25) is 11.8 Å². The molecule has 0 radical (unpaired) electrons. The van der Waals surface area contributed by atoms with Crippen LogP contribution in [0.25, 0.3) is 0 Å². The molecular formula is C35H37Cl2N3O5S. The summed E-state index contributed by atoms with van der Waals surface area (Å²) in [4.78, 5) is 29.8. The highest BCUT2D eigenvalue weighted by Crippen LogP contribution is 2.33. The van der Waals surface area contributed by atoms with Crippen LogP contribution in [0.2, 0.25) is 10.0 Å². The van der Waals surface area contributed by atoms with E-state index in [1.54, 1.807) is 55.5 Å². The van der Waals surface area contributed by atoms with Gasteiger partial charge in [-0.3, -0.25) is 13.9 Å². The number of sulfonamides is 1. The molecule has 11 heteroatoms. The molecule has 46 heavy (non-hydrogen) atoms. The number of halogens is 2. The molecule has 0 aromatic heterocycles. The summed E-state index contributed by atoms with van der Waals surface area (Å²) >= 11 is 12.6. The molecule has 1 N–H and O–H groups in total. The smallest absolute Gasteiger partial charge is 0.264 e. The predicted molar refractivity (Wildman–Crippen MR) is 183 cm³/mol. The van der Waals surface area contributed by atoms with Crippen molar-refractivity contribution in [3.63, 3.8) is 0 Å². The number of para-hydroxylation sites is 2. The lowest BCUT2D eigenvalue weighted by Gasteiger charge is -2.34. The van der Waals surface area contributed by atoms with Crippen LogP contribution in [-0.2, 0) is 32.6 Å². The summed E-state index contributed by atoms with van der Waals surface area (Å²) in [5.74, 6) is -0.698. The molecule has 242 valence electrons. The third-order valence-corrected chi connectivity index (χ3v) is 9.51. The number of carbonyl (C=O) groups is 2. The Bertz CT molecular complexity index is 1730. The Morgan fingerprint density at radius 2 is 1.48 bits per heavy atom. The summed E-state index contributed by atoms with van der Waals surface area (Å²) in [6, 6.07) is 27.5. The molecule has 0 fully saturated rings. The number of ether oxygens (including phenoxy) is 1. The molecule has 0 saturated carbocycles. The number of benzene rings is 4. The van der Waals surface area contributed by atoms with Gasteiger partial charge in [0, 0.05) is 29.1 Å². The zero-order valence-corrected chi connectivity index (χ0v) is 28.2. The van der Waals surface area contributed by atoms with E-state index in [2.05, 4.69) is 5.32 Å². The summed E-state index contributed by atoms with van der Waals surface area (Å²) in [7, 11) is -4.32. The second-order valence-corrected chi connectivity index (χ2v) is 13.6. The van der Waals surface area contributed by atoms with Gasteiger partial charge >= 0.3 is 0 Å². The molecule has 0 saturated heterocycles. The van der Waals surface area contributed by atoms with Crippen molar-refractivity contribution in [2.45, 2.75) is 50.7 Å². The average Bonchev–Trinajstić information content (AvgIpc) is 3.03. The number of anilines is 1. The molecule has 4 rings (SSSR count). The van der Waals surface area contributed by atoms with E-state index in [0.29, 0.717) is 15.6 Å². The van der Waals surface area contributed by atoms with Crippen molar-refractivity contribution in [1.29, 1.82) is 0 Å². The Hall–Kier alpha value is -4.05. The van der Waals surface area contributed by atoms with E-state index in [-0.39, 0.29) is 47.9 Å². The minimum atomic E-state index is -4.32. The number of amides is 2. The Balaban J connectivity index is 1.85. The fourth-order valence-corrected chi connectivity index (χ4v) is 6.68. The maximum Gasteiger partial charge on any atom is 0.264 e. The first kappa shape index (κ1) is 34.8. The molecule has 0 heterocycles. The van der Waals surface area contributed by atoms with E-state index in [0.717, 1.165) is 9.87 Å². The van der Waals surface area contributed by atoms with Crippen molar-refractivity contribution in [3.8, 4) is 5.75 Å². The first-order valence-corrected chi connectivity index (χ1v) is 17.1. The van der Waals surface area contributed by atoms with Gasteiger partial charge in [-0.25, -0.2) is 8.42 Å². The van der Waals surface area contributed by atoms with Crippen LogP contribution >= 0.6 is 23.2 Å². The normalized spacial score (nSPS) is 12.0. The lowest BCUT2D eigenvalue weighted by molar-refractivity contribution is -0.140. The maximum atomic E-state index is 14.6. The van der Waals surface area contributed by atoms with Gasteiger partial charge in [-0.15, -0.1) is 0 Å². The van der Waals surface area contributed by atoms with E-state index in [1.165, 1.54) is 29.2 Å². The topological polar surface area (TPSA) is 96.0 Å². The van der Waals surface area contributed by atoms with E-state index < -0.39 is 28.5 Å². The van der Waals surface area contributed by atoms with Crippen LogP contribution in [0.4, 0.5) is 5.69 Å². The molecule has 0 bridgehead atoms. The lowest BCUT2D eigenvalue weighted by atomic mass is 10.0. The average molecular weight is 683 g/mol. The van der Waals surface area contributed by atoms with Gasteiger partial charge in [0.25, 0.3) is 10.0 Å². The van der Waals surface area contributed by atoms with E-state index in [4.69, 9.17) is 27.9 Å². The van der Waals surface area contributed by atoms with Crippen LogP contribution < -0.4 is 14.4 Å². The molecule has 4 aromatic carbocycles. The van der Waals surface area contributed by atoms with Crippen LogP contribution in [0, 0.1) is 0 Å². The Morgan fingerprint density at radius 3 is 2.13 bits per heavy atom. The van der Waals surface area contributed by atoms with E-state index >= 15 is 0 Å². The molecule has 0 aliphatic heterocycles. The Kier molecular flexibility index (Phi) is 12.1. The molecule has 0 aliphatic rings. The molecule has 1 atom stereocenters. The van der Waals surface area contributed by atoms with E-state index in [9.17, 15) is 18.0 Å². The van der Waals surface area contributed by atoms with Crippen molar-refractivity contribution >= 4 is 50.7 Å². The van der Waals surface area contributed by atoms with Gasteiger partial charge in [0.15, 0.2) is 0 Å². The largest absolute Gasteiger partial charge is 0.492 e. The summed E-state index contributed by atoms with van der Waals surface area (Å²) in [6.07, 6.45) is 0.190. The molecule has 8 nitrogen and oxygen atoms in total. The highest BCUT2D eigenvalue weighted by atomic mass is 35.5. The zero-order valence-electron chi connectivity index (χ0n) is 25.9. The molecule has 0 spiro atoms. The minimum Gasteiger partial charge on any atom is -0.492 e. The predicted octanol–water partition coefficient (Wildman–Crippen LogP) is 6.75. The van der Waals surface area contributed by atoms with Crippen molar-refractivity contribution in [1.82, 2.24) is 10.2 Å². The van der Waals surface area contributed by atoms with Gasteiger partial charge in [-0.2, -0.15) is 0 Å². The molecule has 2 amide bonds. The third kappa shape index (κ3) is 8.81. The van der Waals surface area contributed by atoms with Gasteiger partial charge in [0.05, 0.1) is 17.2 Å². The van der Waals surface area contributed by atoms with Crippen LogP contribution in [0.3, 0.4) is 0 Å². The first-order chi connectivity index (χ1) is 22.0. The number of hydrogen-bond acceptors (Lipinski definition) is 5. The molecule has 0 aliphatic carbocycles. The summed E-state index contributed by atoms with van der Waals surface area (Å²) in [5.41, 5.74) is 1.61. The molecular weight excluding hydrogens is 645 g/mol. The van der Waals surface area contributed by atoms with Crippen LogP contribution in [0.1, 0.15) is 31.9 Å². The van der Waals surface area contributed by atoms with Gasteiger partial charge in [-0.1, -0.05) is 83.9 Å². The van der Waals surface area contributed by atoms with Gasteiger partial charge in [0.1, 0.15) is 18.3 Å². The fourth-order valence-electron chi connectivity index (χ4n) is 4.93. The van der Waals surface area contributed by atoms with Gasteiger partial charge < -0.3 is 15.0 Å². The standard InChI is InChI=1S/C35H37Cl2N3O5S/c1-4-45-33-17-11-10-16-31(33)40(46(43,44)29-20-18-28(36)19-21-29)24-34(41)39(23-27-14-8-9-15-30(27)37)32(35(42)38-25(2)3)22-26-12-6-5-7-13-26/h5-21,25,32H,4,22-24H2,1-3H3,(H,38,42)/t32-/m1/s1. The highest BCUT2D eigenvalue weighted by molar-refractivity contribution is 7.92. The van der Waals surface area contributed by atoms with Crippen LogP contribution in [0.15, 0.2) is 108 Å². The van der Waals surface area contributed by atoms with Crippen molar-refractivity contribution in [2.24, 2.45) is 0 Å². The van der Waals surface area contributed by atoms with Crippen molar-refractivity contribution in [3.05, 3.63) is 124 Å². The summed E-state index contributed by atoms with van der Waals surface area (Å²) in [6.45, 7) is 5.06. The maximum absolute atomic E-state index is 14.6. The van der Waals surface area contributed by atoms with E-state index in [1.807, 2.05) is 44.2 Å². The summed E-state index contributed by atoms with van der Waals surface area (Å²) < 4.78 is 35.3. The third-order valence-electron chi connectivity index (χ3n) is 7.11. The second kappa shape index (κ2) is 16.0. The van der Waals surface area contributed by atoms with Gasteiger partial charge in [-0.05, 0) is 74.4 Å². The fraction of sp³-hybridized carbons (Fsp3) is 0.257. The van der Waals surface area contributed by atoms with Crippen LogP contribution in [-0.4, -0.2) is 50.4 Å². The Morgan fingerprint density at radius 1 is 0.848 bits per heavy atom. The minimum absolute atomic E-state index is 0.0382. The molecule has 0 unspecified atom stereocenters. The number of rotatable bonds is 14. The lowest BCUT2D eigenvalue weighted by Crippen LogP contribution is -2.54. The number of nitrogens with zero attached hydrogens (tertiary/aromatic N) is 2. The van der Waals surface area contributed by atoms with Crippen LogP contribution in [0.5, 0.6) is 5.75 Å². The first-order valence-electron chi connectivity index (χ1n) is 14.9.